The van der Waals surface area contributed by atoms with Gasteiger partial charge in [-0.1, -0.05) is 48.7 Å². The number of nitrogens with zero attached hydrogens (tertiary/aromatic N) is 2. The smallest absolute Gasteiger partial charge is 0.125 e. The van der Waals surface area contributed by atoms with Crippen LogP contribution in [0.5, 0.6) is 0 Å². The zero-order valence-corrected chi connectivity index (χ0v) is 13.7. The maximum atomic E-state index is 6.64. The molecule has 2 atom stereocenters. The van der Waals surface area contributed by atoms with Gasteiger partial charge in [-0.25, -0.2) is 4.98 Å². The van der Waals surface area contributed by atoms with Crippen molar-refractivity contribution in [2.45, 2.75) is 30.5 Å². The van der Waals surface area contributed by atoms with Crippen LogP contribution < -0.4 is 0 Å². The molecule has 2 nitrogen and oxygen atoms in total. The van der Waals surface area contributed by atoms with Gasteiger partial charge in [0.2, 0.25) is 0 Å². The summed E-state index contributed by atoms with van der Waals surface area (Å²) in [5.41, 5.74) is 1.05. The molecule has 0 aliphatic rings. The highest BCUT2D eigenvalue weighted by Crippen LogP contribution is 2.41. The van der Waals surface area contributed by atoms with E-state index in [0.29, 0.717) is 0 Å². The molecule has 0 fully saturated rings. The van der Waals surface area contributed by atoms with Crippen LogP contribution >= 0.6 is 35.0 Å². The van der Waals surface area contributed by atoms with Crippen molar-refractivity contribution in [3.63, 3.8) is 0 Å². The maximum Gasteiger partial charge on any atom is 0.125 e. The lowest BCUT2D eigenvalue weighted by atomic mass is 10.1. The van der Waals surface area contributed by atoms with Crippen molar-refractivity contribution in [3.05, 3.63) is 53.6 Å². The van der Waals surface area contributed by atoms with Gasteiger partial charge in [-0.15, -0.1) is 0 Å². The molecule has 0 aliphatic carbocycles. The number of benzene rings is 1. The van der Waals surface area contributed by atoms with Crippen molar-refractivity contribution in [1.29, 1.82) is 0 Å². The Morgan fingerprint density at radius 3 is 2.65 bits per heavy atom. The van der Waals surface area contributed by atoms with E-state index in [1.165, 1.54) is 18.4 Å². The summed E-state index contributed by atoms with van der Waals surface area (Å²) in [6.07, 6.45) is 7.81. The predicted octanol–water partition coefficient (Wildman–Crippen LogP) is 5.55. The molecule has 0 amide bonds. The second-order valence-corrected chi connectivity index (χ2v) is 6.71. The number of aromatic nitrogens is 2. The number of alkyl halides is 1. The Morgan fingerprint density at radius 1 is 1.30 bits per heavy atom. The summed E-state index contributed by atoms with van der Waals surface area (Å²) in [6.45, 7) is 2.20. The number of imidazole rings is 1. The lowest BCUT2D eigenvalue weighted by Crippen LogP contribution is -2.10. The Kier molecular flexibility index (Phi) is 6.27. The molecular weight excluding hydrogens is 311 g/mol. The number of hydrogen-bond donors (Lipinski definition) is 0. The Bertz CT molecular complexity index is 499. The predicted molar refractivity (Wildman–Crippen MR) is 88.7 cm³/mol. The van der Waals surface area contributed by atoms with Crippen LogP contribution in [-0.2, 0) is 0 Å². The van der Waals surface area contributed by atoms with Crippen molar-refractivity contribution in [3.8, 4) is 0 Å². The molecule has 0 saturated heterocycles. The van der Waals surface area contributed by atoms with Crippen LogP contribution in [0.3, 0.4) is 0 Å². The average molecular weight is 329 g/mol. The van der Waals surface area contributed by atoms with Crippen LogP contribution in [0.1, 0.15) is 36.1 Å². The highest BCUT2D eigenvalue weighted by Gasteiger charge is 2.22. The second kappa shape index (κ2) is 7.96. The summed E-state index contributed by atoms with van der Waals surface area (Å²) in [7, 11) is 0. The summed E-state index contributed by atoms with van der Waals surface area (Å²) in [6, 6.07) is 7.94. The first-order chi connectivity index (χ1) is 9.72. The van der Waals surface area contributed by atoms with Crippen molar-refractivity contribution in [1.82, 2.24) is 9.55 Å². The largest absolute Gasteiger partial charge is 0.319 e. The monoisotopic (exact) mass is 328 g/mol. The van der Waals surface area contributed by atoms with Gasteiger partial charge in [-0.2, -0.15) is 11.8 Å². The molecule has 0 aliphatic heterocycles. The lowest BCUT2D eigenvalue weighted by Gasteiger charge is -2.23. The first-order valence-corrected chi connectivity index (χ1v) is 8.57. The van der Waals surface area contributed by atoms with Crippen LogP contribution in [0.4, 0.5) is 0 Å². The molecule has 0 saturated carbocycles. The normalized spacial score (nSPS) is 14.2. The molecule has 1 aromatic carbocycles. The van der Waals surface area contributed by atoms with Gasteiger partial charge in [0.1, 0.15) is 5.50 Å². The summed E-state index contributed by atoms with van der Waals surface area (Å²) >= 11 is 14.5. The summed E-state index contributed by atoms with van der Waals surface area (Å²) in [4.78, 5) is 4.08. The van der Waals surface area contributed by atoms with Crippen LogP contribution in [0.15, 0.2) is 43.0 Å². The summed E-state index contributed by atoms with van der Waals surface area (Å²) in [5, 5.41) is 0.939. The van der Waals surface area contributed by atoms with Crippen molar-refractivity contribution in [2.24, 2.45) is 0 Å². The minimum atomic E-state index is -0.152. The Morgan fingerprint density at radius 2 is 2.05 bits per heavy atom. The molecule has 0 spiro atoms. The van der Waals surface area contributed by atoms with Crippen LogP contribution in [-0.4, -0.2) is 15.3 Å². The molecule has 2 unspecified atom stereocenters. The molecular formula is C15H18Cl2N2S. The van der Waals surface area contributed by atoms with Gasteiger partial charge in [0.15, 0.2) is 0 Å². The summed E-state index contributed by atoms with van der Waals surface area (Å²) in [5.74, 6) is 1.10. The van der Waals surface area contributed by atoms with Gasteiger partial charge < -0.3 is 4.57 Å². The van der Waals surface area contributed by atoms with E-state index in [0.717, 1.165) is 10.8 Å². The number of unbranched alkanes of at least 4 members (excludes halogenated alkanes) is 1. The van der Waals surface area contributed by atoms with Gasteiger partial charge in [-0.3, -0.25) is 0 Å². The van der Waals surface area contributed by atoms with Gasteiger partial charge in [-0.05, 0) is 29.9 Å². The van der Waals surface area contributed by atoms with Gasteiger partial charge >= 0.3 is 0 Å². The van der Waals surface area contributed by atoms with E-state index in [1.54, 1.807) is 12.5 Å². The third kappa shape index (κ3) is 4.18. The minimum Gasteiger partial charge on any atom is -0.319 e. The second-order valence-electron chi connectivity index (χ2n) is 4.58. The van der Waals surface area contributed by atoms with E-state index < -0.39 is 0 Å². The van der Waals surface area contributed by atoms with E-state index in [2.05, 4.69) is 24.0 Å². The third-order valence-electron chi connectivity index (χ3n) is 3.05. The Balaban J connectivity index is 2.17. The van der Waals surface area contributed by atoms with E-state index in [-0.39, 0.29) is 10.8 Å². The fraction of sp³-hybridized carbons (Fsp3) is 0.400. The molecule has 0 radical (unpaired) electrons. The van der Waals surface area contributed by atoms with Gasteiger partial charge in [0, 0.05) is 17.4 Å². The van der Waals surface area contributed by atoms with Crippen molar-refractivity contribution < 1.29 is 0 Å². The molecule has 0 bridgehead atoms. The standard InChI is InChI=1S/C15H18Cl2N2S/c1-2-3-10-20-14(12-4-6-13(16)7-5-12)15(17)19-9-8-18-11-19/h4-9,11,14-15H,2-3,10H2,1H3. The highest BCUT2D eigenvalue weighted by atomic mass is 35.5. The molecule has 1 aromatic heterocycles. The van der Waals surface area contributed by atoms with E-state index in [4.69, 9.17) is 23.2 Å². The number of hydrogen-bond acceptors (Lipinski definition) is 2. The number of halogens is 2. The zero-order chi connectivity index (χ0) is 14.4. The molecule has 5 heteroatoms. The number of rotatable bonds is 7. The van der Waals surface area contributed by atoms with Crippen LogP contribution in [0.25, 0.3) is 0 Å². The van der Waals surface area contributed by atoms with Crippen molar-refractivity contribution >= 4 is 35.0 Å². The van der Waals surface area contributed by atoms with E-state index in [1.807, 2.05) is 34.7 Å². The fourth-order valence-corrected chi connectivity index (χ4v) is 3.88. The SMILES string of the molecule is CCCCSC(c1ccc(Cl)cc1)C(Cl)n1ccnc1. The zero-order valence-electron chi connectivity index (χ0n) is 11.4. The van der Waals surface area contributed by atoms with Crippen LogP contribution in [0, 0.1) is 0 Å². The first-order valence-electron chi connectivity index (χ1n) is 6.71. The van der Waals surface area contributed by atoms with Crippen LogP contribution in [0.2, 0.25) is 5.02 Å². The fourth-order valence-electron chi connectivity index (χ4n) is 1.91. The Hall–Kier alpha value is -0.640. The lowest BCUT2D eigenvalue weighted by molar-refractivity contribution is 0.650. The topological polar surface area (TPSA) is 17.8 Å². The molecule has 2 aromatic rings. The third-order valence-corrected chi connectivity index (χ3v) is 5.35. The molecule has 108 valence electrons. The molecule has 0 N–H and O–H groups in total. The first kappa shape index (κ1) is 15.7. The quantitative estimate of drug-likeness (QED) is 0.490. The van der Waals surface area contributed by atoms with E-state index in [9.17, 15) is 0 Å². The molecule has 20 heavy (non-hydrogen) atoms. The van der Waals surface area contributed by atoms with E-state index >= 15 is 0 Å². The highest BCUT2D eigenvalue weighted by molar-refractivity contribution is 7.99. The van der Waals surface area contributed by atoms with Gasteiger partial charge in [0.05, 0.1) is 11.6 Å². The molecule has 2 rings (SSSR count). The summed E-state index contributed by atoms with van der Waals surface area (Å²) < 4.78 is 1.94. The van der Waals surface area contributed by atoms with Crippen molar-refractivity contribution in [2.75, 3.05) is 5.75 Å². The maximum absolute atomic E-state index is 6.64. The van der Waals surface area contributed by atoms with Gasteiger partial charge in [0.25, 0.3) is 0 Å². The average Bonchev–Trinajstić information content (AvgIpc) is 2.98. The number of thioether (sulfide) groups is 1. The Labute approximate surface area is 134 Å². The molecule has 1 heterocycles. The minimum absolute atomic E-state index is 0.152.